The molecule has 0 saturated heterocycles. The van der Waals surface area contributed by atoms with Crippen LogP contribution in [0.15, 0.2) is 36.5 Å². The maximum absolute atomic E-state index is 9.47. The fourth-order valence-corrected chi connectivity index (χ4v) is 1.57. The molecule has 4 heteroatoms. The number of aromatic hydroxyl groups is 1. The van der Waals surface area contributed by atoms with Crippen molar-refractivity contribution in [3.63, 3.8) is 0 Å². The van der Waals surface area contributed by atoms with Gasteiger partial charge in [-0.15, -0.1) is 0 Å². The molecular formula is C14H16N2O2. The van der Waals surface area contributed by atoms with Crippen LogP contribution < -0.4 is 10.5 Å². The van der Waals surface area contributed by atoms with Gasteiger partial charge in [0.05, 0.1) is 11.9 Å². The number of nitrogens with zero attached hydrogens (tertiary/aromatic N) is 1. The van der Waals surface area contributed by atoms with Crippen LogP contribution in [0.5, 0.6) is 11.5 Å². The molecule has 94 valence electrons. The van der Waals surface area contributed by atoms with Crippen LogP contribution in [0, 0.1) is 6.92 Å². The van der Waals surface area contributed by atoms with Crippen LogP contribution in [0.3, 0.4) is 0 Å². The lowest BCUT2D eigenvalue weighted by Gasteiger charge is -2.08. The zero-order chi connectivity index (χ0) is 13.0. The van der Waals surface area contributed by atoms with E-state index >= 15 is 0 Å². The molecular weight excluding hydrogens is 228 g/mol. The van der Waals surface area contributed by atoms with Crippen molar-refractivity contribution in [1.82, 2.24) is 4.98 Å². The molecule has 0 bridgehead atoms. The Morgan fingerprint density at radius 1 is 1.28 bits per heavy atom. The molecule has 2 rings (SSSR count). The standard InChI is InChI=1S/C14H16N2O2/c1-10-2-4-13(5-3-10)18-9-12-6-11(7-15)14(17)8-16-12/h2-6,8,17H,7,9,15H2,1H3. The SMILES string of the molecule is Cc1ccc(OCc2cc(CN)c(O)cn2)cc1. The summed E-state index contributed by atoms with van der Waals surface area (Å²) in [5, 5.41) is 9.47. The van der Waals surface area contributed by atoms with E-state index in [1.807, 2.05) is 31.2 Å². The fraction of sp³-hybridized carbons (Fsp3) is 0.214. The van der Waals surface area contributed by atoms with Gasteiger partial charge in [-0.05, 0) is 25.1 Å². The number of hydrogen-bond acceptors (Lipinski definition) is 4. The van der Waals surface area contributed by atoms with E-state index in [4.69, 9.17) is 10.5 Å². The molecule has 0 aliphatic rings. The summed E-state index contributed by atoms with van der Waals surface area (Å²) in [5.41, 5.74) is 8.12. The van der Waals surface area contributed by atoms with Crippen LogP contribution >= 0.6 is 0 Å². The number of aryl methyl sites for hydroxylation is 1. The van der Waals surface area contributed by atoms with Gasteiger partial charge in [0.15, 0.2) is 0 Å². The van der Waals surface area contributed by atoms with Crippen molar-refractivity contribution in [1.29, 1.82) is 0 Å². The highest BCUT2D eigenvalue weighted by Gasteiger charge is 2.03. The number of benzene rings is 1. The van der Waals surface area contributed by atoms with Gasteiger partial charge in [0.2, 0.25) is 0 Å². The maximum atomic E-state index is 9.47. The van der Waals surface area contributed by atoms with Gasteiger partial charge in [-0.2, -0.15) is 0 Å². The van der Waals surface area contributed by atoms with Gasteiger partial charge in [-0.25, -0.2) is 0 Å². The Morgan fingerprint density at radius 2 is 2.00 bits per heavy atom. The van der Waals surface area contributed by atoms with Crippen LogP contribution in [-0.2, 0) is 13.2 Å². The van der Waals surface area contributed by atoms with E-state index in [1.54, 1.807) is 6.07 Å². The summed E-state index contributed by atoms with van der Waals surface area (Å²) < 4.78 is 5.60. The van der Waals surface area contributed by atoms with Crippen molar-refractivity contribution in [2.75, 3.05) is 0 Å². The minimum Gasteiger partial charge on any atom is -0.506 e. The first-order valence-corrected chi connectivity index (χ1v) is 5.75. The van der Waals surface area contributed by atoms with Gasteiger partial charge in [-0.1, -0.05) is 17.7 Å². The zero-order valence-electron chi connectivity index (χ0n) is 10.3. The lowest BCUT2D eigenvalue weighted by atomic mass is 10.2. The van der Waals surface area contributed by atoms with E-state index in [0.717, 1.165) is 11.4 Å². The van der Waals surface area contributed by atoms with Crippen LogP contribution in [0.25, 0.3) is 0 Å². The molecule has 0 fully saturated rings. The Morgan fingerprint density at radius 3 is 2.67 bits per heavy atom. The van der Waals surface area contributed by atoms with E-state index in [9.17, 15) is 5.11 Å². The summed E-state index contributed by atoms with van der Waals surface area (Å²) in [6.07, 6.45) is 1.40. The van der Waals surface area contributed by atoms with E-state index < -0.39 is 0 Å². The summed E-state index contributed by atoms with van der Waals surface area (Å²) in [7, 11) is 0. The Hall–Kier alpha value is -2.07. The van der Waals surface area contributed by atoms with Gasteiger partial charge in [0, 0.05) is 12.1 Å². The molecule has 0 aliphatic heterocycles. The van der Waals surface area contributed by atoms with Crippen LogP contribution in [0.2, 0.25) is 0 Å². The summed E-state index contributed by atoms with van der Waals surface area (Å²) in [4.78, 5) is 4.09. The van der Waals surface area contributed by atoms with Crippen molar-refractivity contribution in [3.05, 3.63) is 53.3 Å². The van der Waals surface area contributed by atoms with Gasteiger partial charge >= 0.3 is 0 Å². The second-order valence-corrected chi connectivity index (χ2v) is 4.11. The van der Waals surface area contributed by atoms with Crippen molar-refractivity contribution in [3.8, 4) is 11.5 Å². The lowest BCUT2D eigenvalue weighted by Crippen LogP contribution is -2.02. The molecule has 0 atom stereocenters. The predicted molar refractivity (Wildman–Crippen MR) is 69.3 cm³/mol. The topological polar surface area (TPSA) is 68.4 Å². The largest absolute Gasteiger partial charge is 0.506 e. The highest BCUT2D eigenvalue weighted by molar-refractivity contribution is 5.31. The summed E-state index contributed by atoms with van der Waals surface area (Å²) >= 11 is 0. The molecule has 0 amide bonds. The first kappa shape index (κ1) is 12.4. The smallest absolute Gasteiger partial charge is 0.138 e. The minimum absolute atomic E-state index is 0.122. The molecule has 0 spiro atoms. The second kappa shape index (κ2) is 5.51. The normalized spacial score (nSPS) is 10.3. The molecule has 4 nitrogen and oxygen atoms in total. The number of nitrogens with two attached hydrogens (primary N) is 1. The van der Waals surface area contributed by atoms with Crippen molar-refractivity contribution < 1.29 is 9.84 Å². The van der Waals surface area contributed by atoms with Crippen molar-refractivity contribution in [2.45, 2.75) is 20.1 Å². The van der Waals surface area contributed by atoms with Crippen molar-refractivity contribution >= 4 is 0 Å². The third-order valence-electron chi connectivity index (χ3n) is 2.65. The molecule has 1 aromatic carbocycles. The molecule has 0 aliphatic carbocycles. The first-order chi connectivity index (χ1) is 8.69. The highest BCUT2D eigenvalue weighted by atomic mass is 16.5. The average molecular weight is 244 g/mol. The average Bonchev–Trinajstić information content (AvgIpc) is 2.39. The Labute approximate surface area is 106 Å². The van der Waals surface area contributed by atoms with Gasteiger partial charge in [0.25, 0.3) is 0 Å². The summed E-state index contributed by atoms with van der Waals surface area (Å²) in [6, 6.07) is 9.57. The number of hydrogen-bond donors (Lipinski definition) is 2. The van der Waals surface area contributed by atoms with Crippen LogP contribution in [0.1, 0.15) is 16.8 Å². The molecule has 2 aromatic rings. The molecule has 18 heavy (non-hydrogen) atoms. The predicted octanol–water partition coefficient (Wildman–Crippen LogP) is 2.13. The third kappa shape index (κ3) is 2.99. The maximum Gasteiger partial charge on any atom is 0.138 e. The minimum atomic E-state index is 0.122. The van der Waals surface area contributed by atoms with E-state index in [-0.39, 0.29) is 12.3 Å². The number of rotatable bonds is 4. The Bertz CT molecular complexity index is 524. The fourth-order valence-electron chi connectivity index (χ4n) is 1.57. The molecule has 1 aromatic heterocycles. The quantitative estimate of drug-likeness (QED) is 0.864. The molecule has 3 N–H and O–H groups in total. The van der Waals surface area contributed by atoms with Gasteiger partial charge in [0.1, 0.15) is 18.1 Å². The first-order valence-electron chi connectivity index (χ1n) is 5.75. The Balaban J connectivity index is 2.04. The van der Waals surface area contributed by atoms with Crippen molar-refractivity contribution in [2.24, 2.45) is 5.73 Å². The highest BCUT2D eigenvalue weighted by Crippen LogP contribution is 2.17. The monoisotopic (exact) mass is 244 g/mol. The molecule has 0 unspecified atom stereocenters. The van der Waals surface area contributed by atoms with Crippen LogP contribution in [-0.4, -0.2) is 10.1 Å². The van der Waals surface area contributed by atoms with Gasteiger partial charge < -0.3 is 15.6 Å². The third-order valence-corrected chi connectivity index (χ3v) is 2.65. The van der Waals surface area contributed by atoms with E-state index in [1.165, 1.54) is 11.8 Å². The summed E-state index contributed by atoms with van der Waals surface area (Å²) in [5.74, 6) is 0.918. The Kier molecular flexibility index (Phi) is 3.79. The number of pyridine rings is 1. The molecule has 0 saturated carbocycles. The number of ether oxygens (including phenoxy) is 1. The zero-order valence-corrected chi connectivity index (χ0v) is 10.3. The molecule has 0 radical (unpaired) electrons. The number of aromatic nitrogens is 1. The van der Waals surface area contributed by atoms with E-state index in [0.29, 0.717) is 12.2 Å². The summed E-state index contributed by atoms with van der Waals surface area (Å²) in [6.45, 7) is 2.67. The van der Waals surface area contributed by atoms with Gasteiger partial charge in [-0.3, -0.25) is 4.98 Å². The molecule has 1 heterocycles. The van der Waals surface area contributed by atoms with E-state index in [2.05, 4.69) is 4.98 Å². The lowest BCUT2D eigenvalue weighted by molar-refractivity contribution is 0.300. The second-order valence-electron chi connectivity index (χ2n) is 4.11. The van der Waals surface area contributed by atoms with Crippen LogP contribution in [0.4, 0.5) is 0 Å².